The molecule has 0 radical (unpaired) electrons. The van der Waals surface area contributed by atoms with Crippen LogP contribution in [0, 0.1) is 13.8 Å². The van der Waals surface area contributed by atoms with Crippen LogP contribution in [0.25, 0.3) is 0 Å². The van der Waals surface area contributed by atoms with Gasteiger partial charge in [0.15, 0.2) is 0 Å². The van der Waals surface area contributed by atoms with Crippen LogP contribution in [0.5, 0.6) is 0 Å². The molecule has 1 aliphatic rings. The number of halogens is 1. The fourth-order valence-electron chi connectivity index (χ4n) is 2.95. The van der Waals surface area contributed by atoms with Crippen LogP contribution in [0.3, 0.4) is 0 Å². The Morgan fingerprint density at radius 1 is 1.08 bits per heavy atom. The molecule has 5 nitrogen and oxygen atoms in total. The number of hydrogen-bond acceptors (Lipinski definition) is 2. The molecule has 1 unspecified atom stereocenters. The summed E-state index contributed by atoms with van der Waals surface area (Å²) in [6.45, 7) is 5.72. The third kappa shape index (κ3) is 3.73. The first kappa shape index (κ1) is 18.0. The van der Waals surface area contributed by atoms with Crippen molar-refractivity contribution in [2.75, 3.05) is 5.32 Å². The van der Waals surface area contributed by atoms with Crippen LogP contribution in [-0.2, 0) is 4.79 Å². The van der Waals surface area contributed by atoms with E-state index < -0.39 is 6.04 Å². The highest BCUT2D eigenvalue weighted by molar-refractivity contribution is 6.30. The summed E-state index contributed by atoms with van der Waals surface area (Å²) >= 11 is 6.08. The lowest BCUT2D eigenvalue weighted by Gasteiger charge is -2.28. The number of anilines is 1. The zero-order valence-electron chi connectivity index (χ0n) is 14.8. The first-order chi connectivity index (χ1) is 12.3. The summed E-state index contributed by atoms with van der Waals surface area (Å²) in [6.07, 6.45) is 0. The minimum atomic E-state index is -0.575. The van der Waals surface area contributed by atoms with Crippen molar-refractivity contribution in [3.63, 3.8) is 0 Å². The number of nitrogens with one attached hydrogen (secondary N) is 3. The summed E-state index contributed by atoms with van der Waals surface area (Å²) in [4.78, 5) is 24.9. The molecule has 0 bridgehead atoms. The van der Waals surface area contributed by atoms with E-state index in [0.717, 1.165) is 16.7 Å². The van der Waals surface area contributed by atoms with Gasteiger partial charge in [0.05, 0.1) is 11.6 Å². The van der Waals surface area contributed by atoms with Crippen molar-refractivity contribution in [2.45, 2.75) is 26.8 Å². The van der Waals surface area contributed by atoms with Gasteiger partial charge in [0.25, 0.3) is 5.91 Å². The SMILES string of the molecule is CC1=C(C(=O)Nc2ccc(C)c(C)c2)C(c2cccc(Cl)c2)NC(=O)N1. The number of benzene rings is 2. The van der Waals surface area contributed by atoms with Gasteiger partial charge >= 0.3 is 6.03 Å². The molecule has 0 saturated heterocycles. The van der Waals surface area contributed by atoms with Crippen molar-refractivity contribution < 1.29 is 9.59 Å². The van der Waals surface area contributed by atoms with Crippen molar-refractivity contribution in [2.24, 2.45) is 0 Å². The van der Waals surface area contributed by atoms with E-state index in [1.807, 2.05) is 38.1 Å². The van der Waals surface area contributed by atoms with Crippen LogP contribution in [0.15, 0.2) is 53.7 Å². The largest absolute Gasteiger partial charge is 0.327 e. The fraction of sp³-hybridized carbons (Fsp3) is 0.200. The first-order valence-electron chi connectivity index (χ1n) is 8.27. The Bertz CT molecular complexity index is 921. The third-order valence-corrected chi connectivity index (χ3v) is 4.70. The predicted molar refractivity (Wildman–Crippen MR) is 103 cm³/mol. The molecule has 0 spiro atoms. The molecule has 1 aliphatic heterocycles. The quantitative estimate of drug-likeness (QED) is 0.757. The topological polar surface area (TPSA) is 70.2 Å². The maximum Gasteiger partial charge on any atom is 0.319 e. The molecule has 0 saturated carbocycles. The van der Waals surface area contributed by atoms with Gasteiger partial charge in [-0.2, -0.15) is 0 Å². The van der Waals surface area contributed by atoms with Gasteiger partial charge in [-0.3, -0.25) is 4.79 Å². The minimum absolute atomic E-state index is 0.275. The Morgan fingerprint density at radius 2 is 1.85 bits per heavy atom. The average Bonchev–Trinajstić information content (AvgIpc) is 2.57. The third-order valence-electron chi connectivity index (χ3n) is 4.46. The second-order valence-corrected chi connectivity index (χ2v) is 6.81. The molecule has 0 fully saturated rings. The van der Waals surface area contributed by atoms with Crippen molar-refractivity contribution in [1.29, 1.82) is 0 Å². The highest BCUT2D eigenvalue weighted by Crippen LogP contribution is 2.29. The Morgan fingerprint density at radius 3 is 2.54 bits per heavy atom. The number of carbonyl (C=O) groups excluding carboxylic acids is 2. The smallest absolute Gasteiger partial charge is 0.319 e. The number of allylic oxidation sites excluding steroid dienone is 1. The van der Waals surface area contributed by atoms with E-state index in [9.17, 15) is 9.59 Å². The molecular weight excluding hydrogens is 350 g/mol. The second-order valence-electron chi connectivity index (χ2n) is 6.38. The Balaban J connectivity index is 1.95. The van der Waals surface area contributed by atoms with E-state index in [2.05, 4.69) is 16.0 Å². The number of carbonyl (C=O) groups is 2. The van der Waals surface area contributed by atoms with Gasteiger partial charge in [0, 0.05) is 16.4 Å². The van der Waals surface area contributed by atoms with Crippen LogP contribution in [0.2, 0.25) is 5.02 Å². The zero-order chi connectivity index (χ0) is 18.8. The molecule has 3 amide bonds. The molecule has 0 aromatic heterocycles. The van der Waals surface area contributed by atoms with Crippen molar-refractivity contribution >= 4 is 29.2 Å². The maximum absolute atomic E-state index is 13.0. The molecule has 2 aromatic carbocycles. The standard InChI is InChI=1S/C20H20ClN3O2/c1-11-7-8-16(9-12(11)2)23-19(25)17-13(3)22-20(26)24-18(17)14-5-4-6-15(21)10-14/h4-10,18H,1-3H3,(H,23,25)(H2,22,24,26). The minimum Gasteiger partial charge on any atom is -0.327 e. The Kier molecular flexibility index (Phi) is 5.00. The number of amides is 3. The second kappa shape index (κ2) is 7.22. The highest BCUT2D eigenvalue weighted by atomic mass is 35.5. The zero-order valence-corrected chi connectivity index (χ0v) is 15.6. The molecule has 3 rings (SSSR count). The van der Waals surface area contributed by atoms with Crippen LogP contribution in [0.1, 0.15) is 29.7 Å². The van der Waals surface area contributed by atoms with Crippen LogP contribution in [0.4, 0.5) is 10.5 Å². The van der Waals surface area contributed by atoms with Crippen molar-refractivity contribution in [3.8, 4) is 0 Å². The molecule has 1 atom stereocenters. The molecule has 2 aromatic rings. The van der Waals surface area contributed by atoms with E-state index in [1.54, 1.807) is 25.1 Å². The molecule has 134 valence electrons. The number of aryl methyl sites for hydroxylation is 2. The Hall–Kier alpha value is -2.79. The van der Waals surface area contributed by atoms with E-state index in [4.69, 9.17) is 11.6 Å². The van der Waals surface area contributed by atoms with Crippen molar-refractivity contribution in [3.05, 3.63) is 75.4 Å². The molecule has 0 aliphatic carbocycles. The summed E-state index contributed by atoms with van der Waals surface area (Å²) in [7, 11) is 0. The number of urea groups is 1. The van der Waals surface area contributed by atoms with Crippen LogP contribution < -0.4 is 16.0 Å². The van der Waals surface area contributed by atoms with Gasteiger partial charge in [0.1, 0.15) is 0 Å². The van der Waals surface area contributed by atoms with Gasteiger partial charge < -0.3 is 16.0 Å². The summed E-state index contributed by atoms with van der Waals surface area (Å²) in [6, 6.07) is 11.9. The lowest BCUT2D eigenvalue weighted by molar-refractivity contribution is -0.113. The van der Waals surface area contributed by atoms with Gasteiger partial charge in [-0.1, -0.05) is 29.8 Å². The molecule has 3 N–H and O–H groups in total. The van der Waals surface area contributed by atoms with Gasteiger partial charge in [0.2, 0.25) is 0 Å². The maximum atomic E-state index is 13.0. The highest BCUT2D eigenvalue weighted by Gasteiger charge is 2.31. The number of hydrogen-bond donors (Lipinski definition) is 3. The fourth-order valence-corrected chi connectivity index (χ4v) is 3.15. The van der Waals surface area contributed by atoms with E-state index in [1.165, 1.54) is 0 Å². The molecular formula is C20H20ClN3O2. The normalized spacial score (nSPS) is 16.8. The summed E-state index contributed by atoms with van der Waals surface area (Å²) < 4.78 is 0. The first-order valence-corrected chi connectivity index (χ1v) is 8.65. The summed E-state index contributed by atoms with van der Waals surface area (Å²) in [5.74, 6) is -0.275. The average molecular weight is 370 g/mol. The van der Waals surface area contributed by atoms with E-state index >= 15 is 0 Å². The lowest BCUT2D eigenvalue weighted by atomic mass is 9.95. The van der Waals surface area contributed by atoms with Gasteiger partial charge in [-0.25, -0.2) is 4.79 Å². The Labute approximate surface area is 157 Å². The predicted octanol–water partition coefficient (Wildman–Crippen LogP) is 4.22. The van der Waals surface area contributed by atoms with Crippen molar-refractivity contribution in [1.82, 2.24) is 10.6 Å². The molecule has 26 heavy (non-hydrogen) atoms. The van der Waals surface area contributed by atoms with E-state index in [0.29, 0.717) is 22.0 Å². The summed E-state index contributed by atoms with van der Waals surface area (Å²) in [5.41, 5.74) is 4.67. The van der Waals surface area contributed by atoms with E-state index in [-0.39, 0.29) is 11.9 Å². The molecule has 1 heterocycles. The van der Waals surface area contributed by atoms with Crippen LogP contribution >= 0.6 is 11.6 Å². The van der Waals surface area contributed by atoms with Gasteiger partial charge in [-0.15, -0.1) is 0 Å². The monoisotopic (exact) mass is 369 g/mol. The van der Waals surface area contributed by atoms with Crippen LogP contribution in [-0.4, -0.2) is 11.9 Å². The number of rotatable bonds is 3. The lowest BCUT2D eigenvalue weighted by Crippen LogP contribution is -2.45. The van der Waals surface area contributed by atoms with Gasteiger partial charge in [-0.05, 0) is 61.7 Å². The molecule has 6 heteroatoms. The summed E-state index contributed by atoms with van der Waals surface area (Å²) in [5, 5.41) is 8.93.